The average Bonchev–Trinajstić information content (AvgIpc) is 3.31. The van der Waals surface area contributed by atoms with Crippen molar-refractivity contribution in [3.63, 3.8) is 0 Å². The van der Waals surface area contributed by atoms with Crippen LogP contribution in [0.4, 0.5) is 19.0 Å². The molecule has 3 fully saturated rings. The van der Waals surface area contributed by atoms with E-state index in [0.717, 1.165) is 65.3 Å². The third kappa shape index (κ3) is 4.98. The second kappa shape index (κ2) is 9.46. The molecule has 8 nitrogen and oxygen atoms in total. The molecule has 0 spiro atoms. The lowest BCUT2D eigenvalue weighted by molar-refractivity contribution is -0.141. The van der Waals surface area contributed by atoms with Crippen LogP contribution in [0, 0.1) is 13.8 Å². The topological polar surface area (TPSA) is 86.7 Å². The molecule has 2 atom stereocenters. The number of alkyl halides is 3. The Morgan fingerprint density at radius 3 is 2.39 bits per heavy atom. The fourth-order valence-electron chi connectivity index (χ4n) is 5.34. The first kappa shape index (κ1) is 24.5. The molecular formula is C27H27F3N8. The highest BCUT2D eigenvalue weighted by Crippen LogP contribution is 2.36. The van der Waals surface area contributed by atoms with Crippen molar-refractivity contribution in [2.24, 2.45) is 0 Å². The number of hydrogen-bond acceptors (Lipinski definition) is 7. The summed E-state index contributed by atoms with van der Waals surface area (Å²) < 4.78 is 38.4. The van der Waals surface area contributed by atoms with E-state index in [1.165, 1.54) is 12.3 Å². The predicted octanol–water partition coefficient (Wildman–Crippen LogP) is 4.35. The molecule has 2 bridgehead atoms. The zero-order valence-electron chi connectivity index (χ0n) is 21.1. The largest absolute Gasteiger partial charge is 0.433 e. The van der Waals surface area contributed by atoms with Crippen molar-refractivity contribution in [1.29, 1.82) is 0 Å². The van der Waals surface area contributed by atoms with Crippen molar-refractivity contribution >= 4 is 5.82 Å². The lowest BCUT2D eigenvalue weighted by Gasteiger charge is -2.56. The Labute approximate surface area is 218 Å². The predicted molar refractivity (Wildman–Crippen MR) is 135 cm³/mol. The standard InChI is InChI=1S/C27H27F3N8/c1-16-7-20(9-21-8-17(2)35-36-21)34-26(33-16)19-4-6-25(32-12-19)37-14-22-10-23(15-37)38(22)13-18-3-5-24(31-11-18)27(28,29)30/h3-8,11-12,22-23H,9-10,13-15H2,1-2H3,(H,35,36). The minimum atomic E-state index is -4.41. The number of nitrogens with one attached hydrogen (secondary N) is 1. The van der Waals surface area contributed by atoms with Gasteiger partial charge in [0.2, 0.25) is 0 Å². The van der Waals surface area contributed by atoms with Gasteiger partial charge in [-0.2, -0.15) is 18.3 Å². The van der Waals surface area contributed by atoms with Crippen LogP contribution in [0.5, 0.6) is 0 Å². The summed E-state index contributed by atoms with van der Waals surface area (Å²) in [5.74, 6) is 1.54. The molecule has 38 heavy (non-hydrogen) atoms. The molecule has 1 N–H and O–H groups in total. The Hall–Kier alpha value is -3.86. The van der Waals surface area contributed by atoms with Crippen molar-refractivity contribution < 1.29 is 13.2 Å². The summed E-state index contributed by atoms with van der Waals surface area (Å²) in [5.41, 5.74) is 4.54. The van der Waals surface area contributed by atoms with E-state index < -0.39 is 11.9 Å². The Balaban J connectivity index is 1.10. The summed E-state index contributed by atoms with van der Waals surface area (Å²) in [4.78, 5) is 22.3. The molecule has 0 saturated carbocycles. The van der Waals surface area contributed by atoms with Gasteiger partial charge in [-0.3, -0.25) is 15.0 Å². The van der Waals surface area contributed by atoms with Gasteiger partial charge in [0, 0.05) is 67.5 Å². The number of fused-ring (bicyclic) bond motifs is 2. The normalized spacial score (nSPS) is 19.4. The van der Waals surface area contributed by atoms with Crippen LogP contribution in [0.2, 0.25) is 0 Å². The smallest absolute Gasteiger partial charge is 0.353 e. The van der Waals surface area contributed by atoms with Gasteiger partial charge in [0.1, 0.15) is 11.5 Å². The van der Waals surface area contributed by atoms with Crippen LogP contribution in [0.25, 0.3) is 11.4 Å². The van der Waals surface area contributed by atoms with E-state index in [1.54, 1.807) is 0 Å². The van der Waals surface area contributed by atoms with Crippen molar-refractivity contribution in [3.05, 3.63) is 82.8 Å². The number of hydrogen-bond donors (Lipinski definition) is 1. The van der Waals surface area contributed by atoms with E-state index in [1.807, 2.05) is 44.3 Å². The lowest BCUT2D eigenvalue weighted by Crippen LogP contribution is -2.68. The fraction of sp³-hybridized carbons (Fsp3) is 0.370. The van der Waals surface area contributed by atoms with Crippen LogP contribution < -0.4 is 4.90 Å². The number of halogens is 3. The van der Waals surface area contributed by atoms with Crippen LogP contribution >= 0.6 is 0 Å². The first-order valence-corrected chi connectivity index (χ1v) is 12.6. The van der Waals surface area contributed by atoms with Gasteiger partial charge < -0.3 is 4.90 Å². The van der Waals surface area contributed by atoms with Crippen LogP contribution in [0.3, 0.4) is 0 Å². The third-order valence-electron chi connectivity index (χ3n) is 7.18. The summed E-state index contributed by atoms with van der Waals surface area (Å²) in [6.07, 6.45) is 0.448. The molecule has 196 valence electrons. The molecule has 0 radical (unpaired) electrons. The number of aromatic amines is 1. The maximum absolute atomic E-state index is 12.8. The van der Waals surface area contributed by atoms with Gasteiger partial charge in [0.15, 0.2) is 5.82 Å². The van der Waals surface area contributed by atoms with Crippen molar-refractivity contribution in [2.75, 3.05) is 18.0 Å². The second-order valence-corrected chi connectivity index (χ2v) is 10.1. The average molecular weight is 521 g/mol. The molecule has 4 aromatic heterocycles. The van der Waals surface area contributed by atoms with Gasteiger partial charge in [-0.25, -0.2) is 15.0 Å². The fourth-order valence-corrected chi connectivity index (χ4v) is 5.34. The SMILES string of the molecule is Cc1cc(Cc2cc(C)[nH]n2)nc(-c2ccc(N3CC4CC(C3)N4Cc3ccc(C(F)(F)F)nc3)nc2)n1. The summed E-state index contributed by atoms with van der Waals surface area (Å²) in [7, 11) is 0. The van der Waals surface area contributed by atoms with Gasteiger partial charge in [-0.1, -0.05) is 6.07 Å². The molecule has 4 aromatic rings. The van der Waals surface area contributed by atoms with E-state index in [2.05, 4.69) is 30.0 Å². The number of rotatable bonds is 6. The van der Waals surface area contributed by atoms with E-state index >= 15 is 0 Å². The minimum absolute atomic E-state index is 0.339. The third-order valence-corrected chi connectivity index (χ3v) is 7.18. The summed E-state index contributed by atoms with van der Waals surface area (Å²) in [6, 6.07) is 11.3. The quantitative estimate of drug-likeness (QED) is 0.405. The van der Waals surface area contributed by atoms with Crippen molar-refractivity contribution in [3.8, 4) is 11.4 Å². The second-order valence-electron chi connectivity index (χ2n) is 10.1. The molecule has 0 aliphatic carbocycles. The number of pyridine rings is 2. The van der Waals surface area contributed by atoms with Gasteiger partial charge in [0.05, 0.1) is 11.4 Å². The molecule has 0 aromatic carbocycles. The monoisotopic (exact) mass is 520 g/mol. The number of piperazine rings is 1. The number of piperidine rings is 1. The van der Waals surface area contributed by atoms with E-state index in [0.29, 0.717) is 30.9 Å². The van der Waals surface area contributed by atoms with Crippen molar-refractivity contribution in [1.82, 2.24) is 35.0 Å². The zero-order chi connectivity index (χ0) is 26.4. The summed E-state index contributed by atoms with van der Waals surface area (Å²) in [6.45, 7) is 6.18. The number of H-pyrrole nitrogens is 1. The van der Waals surface area contributed by atoms with E-state index in [4.69, 9.17) is 9.97 Å². The Morgan fingerprint density at radius 2 is 1.76 bits per heavy atom. The maximum atomic E-state index is 12.8. The molecule has 11 heteroatoms. The number of aromatic nitrogens is 6. The molecule has 7 rings (SSSR count). The van der Waals surface area contributed by atoms with Crippen LogP contribution in [-0.4, -0.2) is 60.2 Å². The molecule has 0 amide bonds. The van der Waals surface area contributed by atoms with Crippen LogP contribution in [0.1, 0.15) is 40.5 Å². The molecule has 3 saturated heterocycles. The number of nitrogens with zero attached hydrogens (tertiary/aromatic N) is 7. The highest BCUT2D eigenvalue weighted by atomic mass is 19.4. The maximum Gasteiger partial charge on any atom is 0.433 e. The Kier molecular flexibility index (Phi) is 6.10. The number of aryl methyl sites for hydroxylation is 2. The first-order valence-electron chi connectivity index (χ1n) is 12.6. The van der Waals surface area contributed by atoms with Gasteiger partial charge in [-0.05, 0) is 56.2 Å². The molecule has 2 unspecified atom stereocenters. The minimum Gasteiger partial charge on any atom is -0.353 e. The highest BCUT2D eigenvalue weighted by Gasteiger charge is 2.44. The first-order chi connectivity index (χ1) is 18.2. The highest BCUT2D eigenvalue weighted by molar-refractivity contribution is 5.57. The van der Waals surface area contributed by atoms with Crippen LogP contribution in [0.15, 0.2) is 48.8 Å². The molecule has 3 aliphatic heterocycles. The summed E-state index contributed by atoms with van der Waals surface area (Å²) >= 11 is 0. The van der Waals surface area contributed by atoms with E-state index in [-0.39, 0.29) is 0 Å². The van der Waals surface area contributed by atoms with Crippen molar-refractivity contribution in [2.45, 2.75) is 51.5 Å². The Bertz CT molecular complexity index is 1420. The lowest BCUT2D eigenvalue weighted by atomic mass is 9.87. The molecule has 3 aliphatic rings. The summed E-state index contributed by atoms with van der Waals surface area (Å²) in [5, 5.41) is 7.27. The van der Waals surface area contributed by atoms with Gasteiger partial charge >= 0.3 is 6.18 Å². The van der Waals surface area contributed by atoms with Crippen LogP contribution in [-0.2, 0) is 19.1 Å². The molecule has 7 heterocycles. The number of anilines is 1. The van der Waals surface area contributed by atoms with E-state index in [9.17, 15) is 13.2 Å². The van der Waals surface area contributed by atoms with Gasteiger partial charge in [-0.15, -0.1) is 0 Å². The Morgan fingerprint density at radius 1 is 0.947 bits per heavy atom. The van der Waals surface area contributed by atoms with Gasteiger partial charge in [0.25, 0.3) is 0 Å². The molecular weight excluding hydrogens is 493 g/mol. The zero-order valence-corrected chi connectivity index (χ0v) is 21.1.